The Morgan fingerprint density at radius 2 is 1.54 bits per heavy atom. The van der Waals surface area contributed by atoms with E-state index in [0.717, 1.165) is 4.90 Å². The number of imide groups is 1. The highest BCUT2D eigenvalue weighted by Crippen LogP contribution is 2.37. The quantitative estimate of drug-likeness (QED) is 0.759. The summed E-state index contributed by atoms with van der Waals surface area (Å²) in [6, 6.07) is 9.19. The van der Waals surface area contributed by atoms with E-state index in [-0.39, 0.29) is 16.2 Å². The standard InChI is InChI=1S/C17H10Cl3NO3/c1-8-6-9(18)3-5-13(8)21-16(23)14(15(22)17(21)24)11-4-2-10(19)7-12(11)20/h2-7,22H,1H3. The van der Waals surface area contributed by atoms with Crippen LogP contribution in [0, 0.1) is 6.92 Å². The number of hydrogen-bond acceptors (Lipinski definition) is 3. The first kappa shape index (κ1) is 16.8. The van der Waals surface area contributed by atoms with Crippen LogP contribution < -0.4 is 4.90 Å². The minimum absolute atomic E-state index is 0.156. The van der Waals surface area contributed by atoms with Crippen molar-refractivity contribution in [2.75, 3.05) is 4.90 Å². The largest absolute Gasteiger partial charge is 0.502 e. The van der Waals surface area contributed by atoms with Crippen LogP contribution in [0.4, 0.5) is 5.69 Å². The second kappa shape index (κ2) is 6.13. The Bertz CT molecular complexity index is 921. The van der Waals surface area contributed by atoms with Gasteiger partial charge in [-0.25, -0.2) is 4.90 Å². The molecule has 0 radical (unpaired) electrons. The summed E-state index contributed by atoms with van der Waals surface area (Å²) < 4.78 is 0. The van der Waals surface area contributed by atoms with Crippen LogP contribution in [0.5, 0.6) is 0 Å². The zero-order valence-electron chi connectivity index (χ0n) is 12.3. The molecule has 2 aromatic carbocycles. The van der Waals surface area contributed by atoms with E-state index in [1.54, 1.807) is 25.1 Å². The Morgan fingerprint density at radius 3 is 2.17 bits per heavy atom. The van der Waals surface area contributed by atoms with Gasteiger partial charge in [-0.1, -0.05) is 40.9 Å². The van der Waals surface area contributed by atoms with Crippen molar-refractivity contribution in [2.45, 2.75) is 6.92 Å². The third kappa shape index (κ3) is 2.67. The van der Waals surface area contributed by atoms with Gasteiger partial charge in [-0.15, -0.1) is 0 Å². The normalized spacial score (nSPS) is 14.8. The molecule has 0 saturated carbocycles. The molecule has 0 aromatic heterocycles. The summed E-state index contributed by atoms with van der Waals surface area (Å²) in [7, 11) is 0. The summed E-state index contributed by atoms with van der Waals surface area (Å²) in [5.74, 6) is -2.13. The SMILES string of the molecule is Cc1cc(Cl)ccc1N1C(=O)C(O)=C(c2ccc(Cl)cc2Cl)C1=O. The Morgan fingerprint density at radius 1 is 0.917 bits per heavy atom. The first-order valence-electron chi connectivity index (χ1n) is 6.85. The number of aryl methyl sites for hydroxylation is 1. The number of benzene rings is 2. The first-order chi connectivity index (χ1) is 11.3. The summed E-state index contributed by atoms with van der Waals surface area (Å²) in [6.45, 7) is 1.71. The molecule has 122 valence electrons. The number of carbonyl (C=O) groups is 2. The predicted molar refractivity (Wildman–Crippen MR) is 94.7 cm³/mol. The van der Waals surface area contributed by atoms with Gasteiger partial charge in [0.05, 0.1) is 16.3 Å². The smallest absolute Gasteiger partial charge is 0.301 e. The summed E-state index contributed by atoms with van der Waals surface area (Å²) in [5.41, 5.74) is 1.06. The van der Waals surface area contributed by atoms with E-state index >= 15 is 0 Å². The maximum Gasteiger partial charge on any atom is 0.301 e. The second-order valence-electron chi connectivity index (χ2n) is 5.22. The van der Waals surface area contributed by atoms with E-state index in [9.17, 15) is 14.7 Å². The third-order valence-electron chi connectivity index (χ3n) is 3.66. The molecule has 7 heteroatoms. The Balaban J connectivity index is 2.11. The van der Waals surface area contributed by atoms with Gasteiger partial charge in [-0.05, 0) is 42.8 Å². The van der Waals surface area contributed by atoms with Gasteiger partial charge in [-0.3, -0.25) is 9.59 Å². The van der Waals surface area contributed by atoms with Crippen molar-refractivity contribution in [2.24, 2.45) is 0 Å². The summed E-state index contributed by atoms with van der Waals surface area (Å²) in [5, 5.41) is 11.2. The highest BCUT2D eigenvalue weighted by atomic mass is 35.5. The number of hydrogen-bond donors (Lipinski definition) is 1. The molecule has 2 amide bonds. The minimum atomic E-state index is -0.813. The number of carbonyl (C=O) groups excluding carboxylic acids is 2. The van der Waals surface area contributed by atoms with Crippen molar-refractivity contribution in [1.29, 1.82) is 0 Å². The Kier molecular flexibility index (Phi) is 4.30. The molecule has 0 saturated heterocycles. The maximum atomic E-state index is 12.8. The first-order valence-corrected chi connectivity index (χ1v) is 7.98. The number of rotatable bonds is 2. The lowest BCUT2D eigenvalue weighted by molar-refractivity contribution is -0.121. The van der Waals surface area contributed by atoms with Crippen LogP contribution in [-0.2, 0) is 9.59 Å². The van der Waals surface area contributed by atoms with E-state index in [1.807, 2.05) is 0 Å². The minimum Gasteiger partial charge on any atom is -0.502 e. The van der Waals surface area contributed by atoms with Gasteiger partial charge in [0.15, 0.2) is 5.76 Å². The van der Waals surface area contributed by atoms with Crippen molar-refractivity contribution in [3.05, 3.63) is 68.4 Å². The number of aliphatic hydroxyl groups is 1. The molecular formula is C17H10Cl3NO3. The average Bonchev–Trinajstić information content (AvgIpc) is 2.71. The zero-order valence-corrected chi connectivity index (χ0v) is 14.6. The van der Waals surface area contributed by atoms with Gasteiger partial charge in [0.2, 0.25) is 0 Å². The van der Waals surface area contributed by atoms with Gasteiger partial charge in [-0.2, -0.15) is 0 Å². The number of anilines is 1. The number of amides is 2. The molecule has 0 atom stereocenters. The van der Waals surface area contributed by atoms with E-state index in [0.29, 0.717) is 21.3 Å². The van der Waals surface area contributed by atoms with Crippen molar-refractivity contribution < 1.29 is 14.7 Å². The van der Waals surface area contributed by atoms with Crippen molar-refractivity contribution >= 4 is 57.9 Å². The molecule has 0 spiro atoms. The molecule has 0 bridgehead atoms. The number of nitrogens with zero attached hydrogens (tertiary/aromatic N) is 1. The topological polar surface area (TPSA) is 57.6 Å². The molecule has 3 rings (SSSR count). The van der Waals surface area contributed by atoms with Crippen LogP contribution in [0.2, 0.25) is 15.1 Å². The van der Waals surface area contributed by atoms with Crippen molar-refractivity contribution in [1.82, 2.24) is 0 Å². The van der Waals surface area contributed by atoms with Crippen LogP contribution >= 0.6 is 34.8 Å². The molecule has 0 aliphatic carbocycles. The van der Waals surface area contributed by atoms with Crippen molar-refractivity contribution in [3.63, 3.8) is 0 Å². The average molecular weight is 383 g/mol. The maximum absolute atomic E-state index is 12.8. The van der Waals surface area contributed by atoms with Crippen LogP contribution in [0.3, 0.4) is 0 Å². The highest BCUT2D eigenvalue weighted by molar-refractivity contribution is 6.47. The fourth-order valence-electron chi connectivity index (χ4n) is 2.54. The van der Waals surface area contributed by atoms with Gasteiger partial charge < -0.3 is 5.11 Å². The van der Waals surface area contributed by atoms with E-state index < -0.39 is 17.6 Å². The molecule has 1 heterocycles. The summed E-state index contributed by atoms with van der Waals surface area (Å²) >= 11 is 17.9. The van der Waals surface area contributed by atoms with E-state index in [4.69, 9.17) is 34.8 Å². The lowest BCUT2D eigenvalue weighted by Gasteiger charge is -2.17. The van der Waals surface area contributed by atoms with Gasteiger partial charge >= 0.3 is 5.91 Å². The van der Waals surface area contributed by atoms with E-state index in [1.165, 1.54) is 18.2 Å². The molecule has 1 aliphatic heterocycles. The molecular weight excluding hydrogens is 373 g/mol. The lowest BCUT2D eigenvalue weighted by atomic mass is 10.1. The zero-order chi connectivity index (χ0) is 17.6. The van der Waals surface area contributed by atoms with Crippen LogP contribution in [0.15, 0.2) is 42.2 Å². The monoisotopic (exact) mass is 381 g/mol. The van der Waals surface area contributed by atoms with E-state index in [2.05, 4.69) is 0 Å². The van der Waals surface area contributed by atoms with Crippen LogP contribution in [-0.4, -0.2) is 16.9 Å². The van der Waals surface area contributed by atoms with Gasteiger partial charge in [0, 0.05) is 15.6 Å². The number of halogens is 3. The van der Waals surface area contributed by atoms with Crippen LogP contribution in [0.1, 0.15) is 11.1 Å². The molecule has 4 nitrogen and oxygen atoms in total. The summed E-state index contributed by atoms with van der Waals surface area (Å²) in [4.78, 5) is 26.1. The fourth-order valence-corrected chi connectivity index (χ4v) is 3.27. The molecule has 24 heavy (non-hydrogen) atoms. The molecule has 1 aliphatic rings. The molecule has 1 N–H and O–H groups in total. The lowest BCUT2D eigenvalue weighted by Crippen LogP contribution is -2.32. The molecule has 0 fully saturated rings. The van der Waals surface area contributed by atoms with Gasteiger partial charge in [0.25, 0.3) is 5.91 Å². The number of aliphatic hydroxyl groups excluding tert-OH is 1. The molecule has 2 aromatic rings. The second-order valence-corrected chi connectivity index (χ2v) is 6.50. The third-order valence-corrected chi connectivity index (χ3v) is 4.44. The van der Waals surface area contributed by atoms with Crippen molar-refractivity contribution in [3.8, 4) is 0 Å². The fraction of sp³-hybridized carbons (Fsp3) is 0.0588. The highest BCUT2D eigenvalue weighted by Gasteiger charge is 2.41. The Labute approximate surface area is 152 Å². The Hall–Kier alpha value is -2.01. The summed E-state index contributed by atoms with van der Waals surface area (Å²) in [6.07, 6.45) is 0. The van der Waals surface area contributed by atoms with Gasteiger partial charge in [0.1, 0.15) is 0 Å². The molecule has 0 unspecified atom stereocenters. The predicted octanol–water partition coefficient (Wildman–Crippen LogP) is 4.80. The van der Waals surface area contributed by atoms with Crippen LogP contribution in [0.25, 0.3) is 5.57 Å².